The van der Waals surface area contributed by atoms with Gasteiger partial charge in [-0.3, -0.25) is 0 Å². The molecule has 0 spiro atoms. The Labute approximate surface area is 101 Å². The van der Waals surface area contributed by atoms with Crippen LogP contribution in [0.4, 0.5) is 0 Å². The van der Waals surface area contributed by atoms with Crippen molar-refractivity contribution in [3.8, 4) is 5.88 Å². The van der Waals surface area contributed by atoms with Crippen LogP contribution in [-0.2, 0) is 0 Å². The van der Waals surface area contributed by atoms with Crippen molar-refractivity contribution in [3.05, 3.63) is 36.0 Å². The maximum absolute atomic E-state index is 11.0. The Bertz CT molecular complexity index is 413. The Balaban J connectivity index is 2.95. The van der Waals surface area contributed by atoms with E-state index < -0.39 is 5.97 Å². The zero-order valence-electron chi connectivity index (χ0n) is 10.1. The average molecular weight is 235 g/mol. The molecule has 0 aliphatic rings. The van der Waals surface area contributed by atoms with Gasteiger partial charge in [0.2, 0.25) is 5.88 Å². The van der Waals surface area contributed by atoms with Crippen molar-refractivity contribution in [2.45, 2.75) is 26.2 Å². The standard InChI is InChI=1S/C13H17NO3/c1-4-5-6-17-12-8-10(13(15)16)7-11(14-12)9(2)3/h4,7-9H,1,5-6H2,2-3H3,(H,15,16). The van der Waals surface area contributed by atoms with Crippen molar-refractivity contribution >= 4 is 5.97 Å². The van der Waals surface area contributed by atoms with E-state index in [1.165, 1.54) is 6.07 Å². The van der Waals surface area contributed by atoms with Crippen LogP contribution in [0.3, 0.4) is 0 Å². The summed E-state index contributed by atoms with van der Waals surface area (Å²) in [6.45, 7) is 7.96. The van der Waals surface area contributed by atoms with E-state index in [1.54, 1.807) is 12.1 Å². The lowest BCUT2D eigenvalue weighted by Gasteiger charge is -2.10. The van der Waals surface area contributed by atoms with Gasteiger partial charge in [-0.1, -0.05) is 19.9 Å². The summed E-state index contributed by atoms with van der Waals surface area (Å²) < 4.78 is 5.38. The van der Waals surface area contributed by atoms with Crippen molar-refractivity contribution in [1.29, 1.82) is 0 Å². The van der Waals surface area contributed by atoms with Gasteiger partial charge >= 0.3 is 5.97 Å². The summed E-state index contributed by atoms with van der Waals surface area (Å²) in [6.07, 6.45) is 2.44. The molecule has 0 bridgehead atoms. The molecule has 0 radical (unpaired) electrons. The Morgan fingerprint density at radius 1 is 1.59 bits per heavy atom. The number of rotatable bonds is 6. The van der Waals surface area contributed by atoms with Crippen molar-refractivity contribution in [2.75, 3.05) is 6.61 Å². The number of carboxylic acids is 1. The molecule has 0 fully saturated rings. The first-order valence-electron chi connectivity index (χ1n) is 5.53. The topological polar surface area (TPSA) is 59.4 Å². The van der Waals surface area contributed by atoms with Crippen LogP contribution >= 0.6 is 0 Å². The van der Waals surface area contributed by atoms with Crippen molar-refractivity contribution < 1.29 is 14.6 Å². The lowest BCUT2D eigenvalue weighted by Crippen LogP contribution is -2.05. The van der Waals surface area contributed by atoms with Crippen LogP contribution in [0.5, 0.6) is 5.88 Å². The largest absolute Gasteiger partial charge is 0.478 e. The molecule has 1 aromatic heterocycles. The fourth-order valence-corrected chi connectivity index (χ4v) is 1.27. The molecular weight excluding hydrogens is 218 g/mol. The smallest absolute Gasteiger partial charge is 0.335 e. The third-order valence-electron chi connectivity index (χ3n) is 2.23. The van der Waals surface area contributed by atoms with Crippen LogP contribution in [0.2, 0.25) is 0 Å². The number of hydrogen-bond acceptors (Lipinski definition) is 3. The molecule has 0 amide bonds. The fourth-order valence-electron chi connectivity index (χ4n) is 1.27. The predicted molar refractivity (Wildman–Crippen MR) is 65.6 cm³/mol. The molecule has 17 heavy (non-hydrogen) atoms. The lowest BCUT2D eigenvalue weighted by molar-refractivity contribution is 0.0696. The first-order chi connectivity index (χ1) is 8.04. The molecule has 1 rings (SSSR count). The van der Waals surface area contributed by atoms with E-state index in [0.29, 0.717) is 18.9 Å². The zero-order chi connectivity index (χ0) is 12.8. The summed E-state index contributed by atoms with van der Waals surface area (Å²) in [4.78, 5) is 15.2. The highest BCUT2D eigenvalue weighted by atomic mass is 16.5. The van der Waals surface area contributed by atoms with E-state index in [9.17, 15) is 4.79 Å². The highest BCUT2D eigenvalue weighted by molar-refractivity contribution is 5.88. The van der Waals surface area contributed by atoms with Gasteiger partial charge in [0.05, 0.1) is 12.2 Å². The van der Waals surface area contributed by atoms with Crippen molar-refractivity contribution in [2.24, 2.45) is 0 Å². The van der Waals surface area contributed by atoms with Gasteiger partial charge in [0.25, 0.3) is 0 Å². The van der Waals surface area contributed by atoms with E-state index in [-0.39, 0.29) is 11.5 Å². The molecule has 1 heterocycles. The molecule has 0 atom stereocenters. The second kappa shape index (κ2) is 6.03. The highest BCUT2D eigenvalue weighted by Crippen LogP contribution is 2.19. The van der Waals surface area contributed by atoms with Gasteiger partial charge in [-0.2, -0.15) is 0 Å². The van der Waals surface area contributed by atoms with Crippen LogP contribution < -0.4 is 4.74 Å². The summed E-state index contributed by atoms with van der Waals surface area (Å²) in [5.74, 6) is -0.450. The molecule has 0 aromatic carbocycles. The third-order valence-corrected chi connectivity index (χ3v) is 2.23. The predicted octanol–water partition coefficient (Wildman–Crippen LogP) is 2.86. The third kappa shape index (κ3) is 3.90. The molecule has 92 valence electrons. The minimum absolute atomic E-state index is 0.163. The highest BCUT2D eigenvalue weighted by Gasteiger charge is 2.11. The second-order valence-electron chi connectivity index (χ2n) is 4.00. The number of nitrogens with zero attached hydrogens (tertiary/aromatic N) is 1. The van der Waals surface area contributed by atoms with E-state index in [2.05, 4.69) is 11.6 Å². The molecule has 1 aromatic rings. The number of hydrogen-bond donors (Lipinski definition) is 1. The summed E-state index contributed by atoms with van der Waals surface area (Å²) >= 11 is 0. The van der Waals surface area contributed by atoms with Crippen LogP contribution in [0.25, 0.3) is 0 Å². The minimum atomic E-state index is -0.970. The summed E-state index contributed by atoms with van der Waals surface area (Å²) in [5.41, 5.74) is 0.927. The lowest BCUT2D eigenvalue weighted by atomic mass is 10.1. The quantitative estimate of drug-likeness (QED) is 0.608. The first-order valence-corrected chi connectivity index (χ1v) is 5.53. The second-order valence-corrected chi connectivity index (χ2v) is 4.00. The van der Waals surface area contributed by atoms with Gasteiger partial charge in [-0.05, 0) is 18.4 Å². The summed E-state index contributed by atoms with van der Waals surface area (Å²) in [7, 11) is 0. The van der Waals surface area contributed by atoms with Gasteiger partial charge in [-0.15, -0.1) is 6.58 Å². The number of carbonyl (C=O) groups is 1. The van der Waals surface area contributed by atoms with Crippen LogP contribution in [0, 0.1) is 0 Å². The maximum atomic E-state index is 11.0. The Kier molecular flexibility index (Phi) is 4.69. The molecule has 0 saturated heterocycles. The maximum Gasteiger partial charge on any atom is 0.335 e. The summed E-state index contributed by atoms with van der Waals surface area (Å²) in [5, 5.41) is 8.99. The van der Waals surface area contributed by atoms with Gasteiger partial charge < -0.3 is 9.84 Å². The van der Waals surface area contributed by atoms with E-state index >= 15 is 0 Å². The molecule has 0 aliphatic carbocycles. The minimum Gasteiger partial charge on any atom is -0.478 e. The molecule has 0 aliphatic heterocycles. The van der Waals surface area contributed by atoms with Crippen LogP contribution in [-0.4, -0.2) is 22.7 Å². The van der Waals surface area contributed by atoms with Gasteiger partial charge in [-0.25, -0.2) is 9.78 Å². The monoisotopic (exact) mass is 235 g/mol. The SMILES string of the molecule is C=CCCOc1cc(C(=O)O)cc(C(C)C)n1. The zero-order valence-corrected chi connectivity index (χ0v) is 10.1. The summed E-state index contributed by atoms with van der Waals surface area (Å²) in [6, 6.07) is 3.02. The molecule has 0 unspecified atom stereocenters. The first kappa shape index (κ1) is 13.2. The van der Waals surface area contributed by atoms with Gasteiger partial charge in [0.1, 0.15) is 0 Å². The number of aromatic nitrogens is 1. The van der Waals surface area contributed by atoms with Crippen LogP contribution in [0.15, 0.2) is 24.8 Å². The van der Waals surface area contributed by atoms with Gasteiger partial charge in [0.15, 0.2) is 0 Å². The number of ether oxygens (including phenoxy) is 1. The molecule has 0 saturated carbocycles. The van der Waals surface area contributed by atoms with Crippen LogP contribution in [0.1, 0.15) is 42.2 Å². The Morgan fingerprint density at radius 2 is 2.29 bits per heavy atom. The number of carboxylic acid groups (broad SMARTS) is 1. The average Bonchev–Trinajstić information content (AvgIpc) is 2.29. The molecule has 4 heteroatoms. The van der Waals surface area contributed by atoms with Crippen molar-refractivity contribution in [3.63, 3.8) is 0 Å². The van der Waals surface area contributed by atoms with E-state index in [4.69, 9.17) is 9.84 Å². The Hall–Kier alpha value is -1.84. The van der Waals surface area contributed by atoms with E-state index in [1.807, 2.05) is 13.8 Å². The van der Waals surface area contributed by atoms with Gasteiger partial charge in [0, 0.05) is 11.8 Å². The molecule has 1 N–H and O–H groups in total. The Morgan fingerprint density at radius 3 is 2.82 bits per heavy atom. The normalized spacial score (nSPS) is 10.3. The molecule has 4 nitrogen and oxygen atoms in total. The fraction of sp³-hybridized carbons (Fsp3) is 0.385. The van der Waals surface area contributed by atoms with E-state index in [0.717, 1.165) is 5.69 Å². The number of aromatic carboxylic acids is 1. The van der Waals surface area contributed by atoms with Crippen molar-refractivity contribution in [1.82, 2.24) is 4.98 Å². The number of pyridine rings is 1. The molecular formula is C13H17NO3.